The van der Waals surface area contributed by atoms with E-state index in [4.69, 9.17) is 4.74 Å². The maximum absolute atomic E-state index is 5.00. The molecular weight excluding hydrogens is 180 g/mol. The maximum atomic E-state index is 5.00. The Balaban J connectivity index is 2.59. The molecule has 1 aliphatic carbocycles. The molecule has 0 atom stereocenters. The highest BCUT2D eigenvalue weighted by Crippen LogP contribution is 2.21. The van der Waals surface area contributed by atoms with Crippen LogP contribution in [-0.2, 0) is 4.74 Å². The second kappa shape index (κ2) is 3.06. The summed E-state index contributed by atoms with van der Waals surface area (Å²) < 4.78 is 6.13. The average Bonchev–Trinajstić information content (AvgIpc) is 1.90. The van der Waals surface area contributed by atoms with Crippen molar-refractivity contribution >= 4 is 15.9 Å². The summed E-state index contributed by atoms with van der Waals surface area (Å²) in [5, 5.41) is 0. The molecule has 0 amide bonds. The van der Waals surface area contributed by atoms with Gasteiger partial charge < -0.3 is 4.74 Å². The Morgan fingerprint density at radius 1 is 1.56 bits per heavy atom. The fraction of sp³-hybridized carbons (Fsp3) is 0.286. The zero-order valence-electron chi connectivity index (χ0n) is 5.23. The van der Waals surface area contributed by atoms with Gasteiger partial charge >= 0.3 is 0 Å². The molecule has 2 heteroatoms. The van der Waals surface area contributed by atoms with Gasteiger partial charge in [-0.2, -0.15) is 0 Å². The minimum absolute atomic E-state index is 0.896. The minimum atomic E-state index is 0.896. The van der Waals surface area contributed by atoms with Crippen LogP contribution in [0.15, 0.2) is 22.4 Å². The van der Waals surface area contributed by atoms with E-state index >= 15 is 0 Å². The zero-order valence-corrected chi connectivity index (χ0v) is 6.81. The summed E-state index contributed by atoms with van der Waals surface area (Å²) in [6.07, 6.45) is 6.90. The van der Waals surface area contributed by atoms with Crippen LogP contribution in [0.5, 0.6) is 0 Å². The lowest BCUT2D eigenvalue weighted by atomic mass is 10.2. The fourth-order valence-electron chi connectivity index (χ4n) is 0.658. The first-order chi connectivity index (χ1) is 4.33. The molecule has 0 aliphatic heterocycles. The number of allylic oxidation sites excluding steroid dienone is 4. The van der Waals surface area contributed by atoms with Crippen molar-refractivity contribution in [3.8, 4) is 0 Å². The van der Waals surface area contributed by atoms with Crippen molar-refractivity contribution < 1.29 is 4.74 Å². The fourth-order valence-corrected chi connectivity index (χ4v) is 0.952. The van der Waals surface area contributed by atoms with Gasteiger partial charge in [0.1, 0.15) is 0 Å². The van der Waals surface area contributed by atoms with E-state index in [0.717, 1.165) is 16.7 Å². The average molecular weight is 188 g/mol. The summed E-state index contributed by atoms with van der Waals surface area (Å²) in [4.78, 5) is 0. The van der Waals surface area contributed by atoms with Gasteiger partial charge in [-0.05, 0) is 16.6 Å². The van der Waals surface area contributed by atoms with Crippen LogP contribution >= 0.6 is 15.9 Å². The molecule has 49 valence electrons. The van der Waals surface area contributed by atoms with Crippen LogP contribution in [0.2, 0.25) is 0 Å². The van der Waals surface area contributed by atoms with Crippen molar-refractivity contribution in [3.63, 3.8) is 0 Å². The number of rotatable bonds is 1. The Morgan fingerprint density at radius 2 is 2.33 bits per heavy atom. The highest BCUT2D eigenvalue weighted by atomic mass is 79.9. The van der Waals surface area contributed by atoms with Crippen LogP contribution in [0.3, 0.4) is 0 Å². The van der Waals surface area contributed by atoms with Gasteiger partial charge in [0.05, 0.1) is 12.9 Å². The van der Waals surface area contributed by atoms with Crippen LogP contribution in [0, 0.1) is 6.42 Å². The molecule has 0 saturated carbocycles. The van der Waals surface area contributed by atoms with Crippen molar-refractivity contribution in [2.75, 3.05) is 7.11 Å². The molecule has 9 heavy (non-hydrogen) atoms. The van der Waals surface area contributed by atoms with Gasteiger partial charge in [-0.25, -0.2) is 0 Å². The van der Waals surface area contributed by atoms with Crippen LogP contribution < -0.4 is 0 Å². The van der Waals surface area contributed by atoms with Crippen LogP contribution in [-0.4, -0.2) is 7.11 Å². The third kappa shape index (κ3) is 1.86. The highest BCUT2D eigenvalue weighted by Gasteiger charge is 2.02. The summed E-state index contributed by atoms with van der Waals surface area (Å²) in [5.74, 6) is 1.01. The Bertz CT molecular complexity index is 158. The normalized spacial score (nSPS) is 18.4. The standard InChI is InChI=1S/C7H8BrO/c1-9-7-4-2-6(8)3-5-7/h2-4H,5H2,1H3. The summed E-state index contributed by atoms with van der Waals surface area (Å²) >= 11 is 3.35. The van der Waals surface area contributed by atoms with Gasteiger partial charge in [-0.1, -0.05) is 15.9 Å². The van der Waals surface area contributed by atoms with Crippen molar-refractivity contribution in [2.24, 2.45) is 0 Å². The summed E-state index contributed by atoms with van der Waals surface area (Å²) in [6.45, 7) is 0. The second-order valence-electron chi connectivity index (χ2n) is 1.80. The SMILES string of the molecule is COC1=CC=C(Br)[CH]C1. The monoisotopic (exact) mass is 187 g/mol. The molecular formula is C7H8BrO. The van der Waals surface area contributed by atoms with Crippen molar-refractivity contribution in [3.05, 3.63) is 28.8 Å². The number of methoxy groups -OCH3 is 1. The lowest BCUT2D eigenvalue weighted by Gasteiger charge is -2.08. The number of hydrogen-bond acceptors (Lipinski definition) is 1. The predicted molar refractivity (Wildman–Crippen MR) is 41.0 cm³/mol. The van der Waals surface area contributed by atoms with E-state index in [2.05, 4.69) is 22.4 Å². The Hall–Kier alpha value is -0.240. The first-order valence-electron chi connectivity index (χ1n) is 2.76. The van der Waals surface area contributed by atoms with Crippen LogP contribution in [0.4, 0.5) is 0 Å². The quantitative estimate of drug-likeness (QED) is 0.613. The van der Waals surface area contributed by atoms with Crippen LogP contribution in [0.1, 0.15) is 6.42 Å². The molecule has 1 radical (unpaired) electrons. The van der Waals surface area contributed by atoms with Gasteiger partial charge in [0.2, 0.25) is 0 Å². The molecule has 0 aromatic carbocycles. The predicted octanol–water partition coefficient (Wildman–Crippen LogP) is 2.40. The summed E-state index contributed by atoms with van der Waals surface area (Å²) in [6, 6.07) is 0. The van der Waals surface area contributed by atoms with E-state index in [1.165, 1.54) is 0 Å². The number of halogens is 1. The van der Waals surface area contributed by atoms with E-state index < -0.39 is 0 Å². The Kier molecular flexibility index (Phi) is 2.34. The molecule has 0 aromatic rings. The molecule has 0 saturated heterocycles. The molecule has 0 unspecified atom stereocenters. The largest absolute Gasteiger partial charge is 0.501 e. The molecule has 0 bridgehead atoms. The zero-order chi connectivity index (χ0) is 6.69. The van der Waals surface area contributed by atoms with Gasteiger partial charge in [0, 0.05) is 12.8 Å². The molecule has 0 spiro atoms. The first kappa shape index (κ1) is 6.87. The van der Waals surface area contributed by atoms with Gasteiger partial charge in [0.15, 0.2) is 0 Å². The van der Waals surface area contributed by atoms with E-state index in [0.29, 0.717) is 0 Å². The maximum Gasteiger partial charge on any atom is 0.0962 e. The molecule has 0 aromatic heterocycles. The Morgan fingerprint density at radius 3 is 2.78 bits per heavy atom. The van der Waals surface area contributed by atoms with E-state index in [1.807, 2.05) is 12.2 Å². The lowest BCUT2D eigenvalue weighted by molar-refractivity contribution is 0.282. The van der Waals surface area contributed by atoms with Crippen molar-refractivity contribution in [1.29, 1.82) is 0 Å². The third-order valence-corrected chi connectivity index (χ3v) is 1.78. The minimum Gasteiger partial charge on any atom is -0.501 e. The number of ether oxygens (including phenoxy) is 1. The van der Waals surface area contributed by atoms with E-state index in [-0.39, 0.29) is 0 Å². The van der Waals surface area contributed by atoms with Crippen molar-refractivity contribution in [1.82, 2.24) is 0 Å². The second-order valence-corrected chi connectivity index (χ2v) is 2.71. The Labute approximate surface area is 63.5 Å². The smallest absolute Gasteiger partial charge is 0.0962 e. The molecule has 1 rings (SSSR count). The lowest BCUT2D eigenvalue weighted by Crippen LogP contribution is -1.91. The van der Waals surface area contributed by atoms with E-state index in [1.54, 1.807) is 7.11 Å². The molecule has 1 aliphatic rings. The molecule has 0 heterocycles. The molecule has 0 N–H and O–H groups in total. The number of hydrogen-bond donors (Lipinski definition) is 0. The van der Waals surface area contributed by atoms with Gasteiger partial charge in [-0.15, -0.1) is 0 Å². The summed E-state index contributed by atoms with van der Waals surface area (Å²) in [7, 11) is 1.69. The molecule has 0 fully saturated rings. The van der Waals surface area contributed by atoms with Gasteiger partial charge in [-0.3, -0.25) is 0 Å². The molecule has 1 nitrogen and oxygen atoms in total. The van der Waals surface area contributed by atoms with Gasteiger partial charge in [0.25, 0.3) is 0 Å². The third-order valence-electron chi connectivity index (χ3n) is 1.19. The summed E-state index contributed by atoms with van der Waals surface area (Å²) in [5.41, 5.74) is 0. The van der Waals surface area contributed by atoms with Crippen LogP contribution in [0.25, 0.3) is 0 Å². The highest BCUT2D eigenvalue weighted by molar-refractivity contribution is 9.11. The van der Waals surface area contributed by atoms with Crippen molar-refractivity contribution in [2.45, 2.75) is 6.42 Å². The van der Waals surface area contributed by atoms with E-state index in [9.17, 15) is 0 Å². The topological polar surface area (TPSA) is 9.23 Å². The first-order valence-corrected chi connectivity index (χ1v) is 3.56.